The Morgan fingerprint density at radius 1 is 1.25 bits per heavy atom. The second-order valence-corrected chi connectivity index (χ2v) is 7.04. The van der Waals surface area contributed by atoms with Gasteiger partial charge in [-0.25, -0.2) is 4.39 Å². The van der Waals surface area contributed by atoms with Crippen LogP contribution in [-0.2, 0) is 6.42 Å². The monoisotopic (exact) mass is 333 g/mol. The van der Waals surface area contributed by atoms with Gasteiger partial charge in [0.2, 0.25) is 11.7 Å². The van der Waals surface area contributed by atoms with Crippen LogP contribution in [0.25, 0.3) is 11.4 Å². The molecular weight excluding hydrogens is 305 g/mol. The molecule has 0 amide bonds. The Hall–Kier alpha value is -1.75. The summed E-state index contributed by atoms with van der Waals surface area (Å²) >= 11 is 0. The summed E-state index contributed by atoms with van der Waals surface area (Å²) in [7, 11) is 2.15. The molecule has 1 heterocycles. The number of rotatable bonds is 8. The molecule has 0 aliphatic rings. The maximum atomic E-state index is 13.6. The van der Waals surface area contributed by atoms with Crippen molar-refractivity contribution in [1.29, 1.82) is 0 Å². The number of halogens is 1. The van der Waals surface area contributed by atoms with Crippen LogP contribution in [0.5, 0.6) is 0 Å². The van der Waals surface area contributed by atoms with Gasteiger partial charge in [-0.1, -0.05) is 31.1 Å². The fourth-order valence-electron chi connectivity index (χ4n) is 2.77. The van der Waals surface area contributed by atoms with Crippen molar-refractivity contribution in [2.75, 3.05) is 13.6 Å². The Balaban J connectivity index is 1.86. The van der Waals surface area contributed by atoms with Crippen molar-refractivity contribution < 1.29 is 8.91 Å². The van der Waals surface area contributed by atoms with Crippen LogP contribution in [0.3, 0.4) is 0 Å². The molecule has 0 N–H and O–H groups in total. The van der Waals surface area contributed by atoms with Gasteiger partial charge in [0.15, 0.2) is 0 Å². The molecule has 0 saturated heterocycles. The lowest BCUT2D eigenvalue weighted by Crippen LogP contribution is -2.31. The maximum Gasteiger partial charge on any atom is 0.227 e. The summed E-state index contributed by atoms with van der Waals surface area (Å²) in [5.74, 6) is 1.51. The quantitative estimate of drug-likeness (QED) is 0.714. The summed E-state index contributed by atoms with van der Waals surface area (Å²) in [6.07, 6.45) is 2.89. The van der Waals surface area contributed by atoms with E-state index in [1.165, 1.54) is 12.5 Å². The molecule has 1 aromatic carbocycles. The number of nitrogens with zero attached hydrogens (tertiary/aromatic N) is 3. The first kappa shape index (κ1) is 18.6. The Kier molecular flexibility index (Phi) is 6.49. The summed E-state index contributed by atoms with van der Waals surface area (Å²) in [5.41, 5.74) is 1.26. The van der Waals surface area contributed by atoms with E-state index in [0.717, 1.165) is 19.4 Å². The van der Waals surface area contributed by atoms with Crippen molar-refractivity contribution in [3.05, 3.63) is 35.5 Å². The van der Waals surface area contributed by atoms with Crippen LogP contribution in [0.2, 0.25) is 0 Å². The normalized spacial score (nSPS) is 13.0. The fourth-order valence-corrected chi connectivity index (χ4v) is 2.77. The average Bonchev–Trinajstić information content (AvgIpc) is 2.98. The molecule has 24 heavy (non-hydrogen) atoms. The first-order chi connectivity index (χ1) is 11.4. The third-order valence-electron chi connectivity index (χ3n) is 4.36. The van der Waals surface area contributed by atoms with Crippen LogP contribution in [0.4, 0.5) is 4.39 Å². The zero-order valence-electron chi connectivity index (χ0n) is 15.3. The van der Waals surface area contributed by atoms with E-state index in [0.29, 0.717) is 34.8 Å². The first-order valence-corrected chi connectivity index (χ1v) is 8.66. The highest BCUT2D eigenvalue weighted by Crippen LogP contribution is 2.19. The number of aromatic nitrogens is 2. The topological polar surface area (TPSA) is 42.2 Å². The van der Waals surface area contributed by atoms with Gasteiger partial charge in [0.1, 0.15) is 5.82 Å². The Morgan fingerprint density at radius 3 is 2.67 bits per heavy atom. The van der Waals surface area contributed by atoms with Gasteiger partial charge in [-0.2, -0.15) is 4.98 Å². The molecule has 0 saturated carbocycles. The van der Waals surface area contributed by atoms with Crippen molar-refractivity contribution in [3.63, 3.8) is 0 Å². The second kappa shape index (κ2) is 8.38. The van der Waals surface area contributed by atoms with Crippen molar-refractivity contribution >= 4 is 0 Å². The van der Waals surface area contributed by atoms with Crippen LogP contribution in [0, 0.1) is 18.7 Å². The molecule has 0 fully saturated rings. The lowest BCUT2D eigenvalue weighted by molar-refractivity contribution is 0.223. The van der Waals surface area contributed by atoms with Crippen LogP contribution in [-0.4, -0.2) is 34.7 Å². The molecule has 1 unspecified atom stereocenters. The molecule has 1 atom stereocenters. The minimum Gasteiger partial charge on any atom is -0.339 e. The van der Waals surface area contributed by atoms with Crippen molar-refractivity contribution in [1.82, 2.24) is 15.0 Å². The summed E-state index contributed by atoms with van der Waals surface area (Å²) in [6, 6.07) is 5.56. The molecule has 132 valence electrons. The Labute approximate surface area is 144 Å². The van der Waals surface area contributed by atoms with E-state index in [1.54, 1.807) is 13.0 Å². The molecule has 0 aliphatic carbocycles. The van der Waals surface area contributed by atoms with E-state index >= 15 is 0 Å². The number of aryl methyl sites for hydroxylation is 2. The second-order valence-electron chi connectivity index (χ2n) is 7.04. The molecule has 0 aliphatic heterocycles. The van der Waals surface area contributed by atoms with Gasteiger partial charge in [-0.05, 0) is 57.8 Å². The third kappa shape index (κ3) is 5.13. The fraction of sp³-hybridized carbons (Fsp3) is 0.579. The van der Waals surface area contributed by atoms with E-state index in [1.807, 2.05) is 6.07 Å². The van der Waals surface area contributed by atoms with E-state index in [-0.39, 0.29) is 5.82 Å². The standard InChI is InChI=1S/C19H28FN3O/c1-13(2)11-15(4)23(5)10-6-7-18-21-19(22-24-18)16-9-8-14(3)17(20)12-16/h8-9,12-13,15H,6-7,10-11H2,1-5H3. The van der Waals surface area contributed by atoms with Crippen LogP contribution < -0.4 is 0 Å². The molecule has 2 aromatic rings. The molecule has 0 bridgehead atoms. The minimum atomic E-state index is -0.250. The summed E-state index contributed by atoms with van der Waals surface area (Å²) in [5, 5.41) is 3.96. The van der Waals surface area contributed by atoms with Gasteiger partial charge in [-0.15, -0.1) is 0 Å². The van der Waals surface area contributed by atoms with Gasteiger partial charge in [0.05, 0.1) is 0 Å². The van der Waals surface area contributed by atoms with E-state index in [2.05, 4.69) is 42.9 Å². The van der Waals surface area contributed by atoms with Gasteiger partial charge in [0.25, 0.3) is 0 Å². The summed E-state index contributed by atoms with van der Waals surface area (Å²) in [6.45, 7) is 9.48. The minimum absolute atomic E-state index is 0.250. The largest absolute Gasteiger partial charge is 0.339 e. The number of hydrogen-bond donors (Lipinski definition) is 0. The lowest BCUT2D eigenvalue weighted by Gasteiger charge is -2.25. The average molecular weight is 333 g/mol. The first-order valence-electron chi connectivity index (χ1n) is 8.66. The van der Waals surface area contributed by atoms with Crippen LogP contribution in [0.1, 0.15) is 45.1 Å². The number of hydrogen-bond acceptors (Lipinski definition) is 4. The summed E-state index contributed by atoms with van der Waals surface area (Å²) in [4.78, 5) is 6.75. The Morgan fingerprint density at radius 2 is 2.00 bits per heavy atom. The predicted octanol–water partition coefficient (Wildman–Crippen LogP) is 4.48. The third-order valence-corrected chi connectivity index (χ3v) is 4.36. The zero-order valence-corrected chi connectivity index (χ0v) is 15.3. The SMILES string of the molecule is Cc1ccc(-c2noc(CCCN(C)C(C)CC(C)C)n2)cc1F. The van der Waals surface area contributed by atoms with Crippen LogP contribution in [0.15, 0.2) is 22.7 Å². The van der Waals surface area contributed by atoms with Crippen molar-refractivity contribution in [2.24, 2.45) is 5.92 Å². The number of benzene rings is 1. The van der Waals surface area contributed by atoms with Gasteiger partial charge >= 0.3 is 0 Å². The molecule has 0 radical (unpaired) electrons. The molecule has 1 aromatic heterocycles. The maximum absolute atomic E-state index is 13.6. The zero-order chi connectivity index (χ0) is 17.7. The summed E-state index contributed by atoms with van der Waals surface area (Å²) < 4.78 is 18.9. The molecule has 0 spiro atoms. The van der Waals surface area contributed by atoms with E-state index in [4.69, 9.17) is 4.52 Å². The molecule has 2 rings (SSSR count). The Bertz CT molecular complexity index is 654. The lowest BCUT2D eigenvalue weighted by atomic mass is 10.0. The smallest absolute Gasteiger partial charge is 0.227 e. The molecule has 5 heteroatoms. The highest BCUT2D eigenvalue weighted by Gasteiger charge is 2.13. The highest BCUT2D eigenvalue weighted by atomic mass is 19.1. The van der Waals surface area contributed by atoms with Gasteiger partial charge in [0, 0.05) is 18.0 Å². The van der Waals surface area contributed by atoms with Crippen LogP contribution >= 0.6 is 0 Å². The van der Waals surface area contributed by atoms with E-state index in [9.17, 15) is 4.39 Å². The van der Waals surface area contributed by atoms with Gasteiger partial charge in [-0.3, -0.25) is 0 Å². The van der Waals surface area contributed by atoms with Crippen molar-refractivity contribution in [2.45, 2.75) is 53.0 Å². The molecule has 4 nitrogen and oxygen atoms in total. The molecular formula is C19H28FN3O. The highest BCUT2D eigenvalue weighted by molar-refractivity contribution is 5.54. The van der Waals surface area contributed by atoms with E-state index < -0.39 is 0 Å². The predicted molar refractivity (Wildman–Crippen MR) is 94.3 cm³/mol. The van der Waals surface area contributed by atoms with Crippen molar-refractivity contribution in [3.8, 4) is 11.4 Å². The van der Waals surface area contributed by atoms with Gasteiger partial charge < -0.3 is 9.42 Å².